The Labute approximate surface area is 92.9 Å². The highest BCUT2D eigenvalue weighted by Gasteiger charge is 2.37. The summed E-state index contributed by atoms with van der Waals surface area (Å²) in [6.07, 6.45) is 0. The molecule has 15 heavy (non-hydrogen) atoms. The molecule has 0 saturated carbocycles. The summed E-state index contributed by atoms with van der Waals surface area (Å²) in [7, 11) is 0. The molecule has 1 heterocycles. The van der Waals surface area contributed by atoms with Gasteiger partial charge in [0, 0.05) is 5.56 Å². The van der Waals surface area contributed by atoms with Gasteiger partial charge in [0.25, 0.3) is 0 Å². The SMILES string of the molecule is Cc1cc(C2(CCl)OCCO2)ccc1F. The van der Waals surface area contributed by atoms with Crippen molar-refractivity contribution in [1.82, 2.24) is 0 Å². The van der Waals surface area contributed by atoms with E-state index in [9.17, 15) is 4.39 Å². The monoisotopic (exact) mass is 230 g/mol. The average Bonchev–Trinajstić information content (AvgIpc) is 2.72. The number of rotatable bonds is 2. The summed E-state index contributed by atoms with van der Waals surface area (Å²) in [6.45, 7) is 2.74. The van der Waals surface area contributed by atoms with Gasteiger partial charge >= 0.3 is 0 Å². The van der Waals surface area contributed by atoms with Crippen LogP contribution in [0.5, 0.6) is 0 Å². The largest absolute Gasteiger partial charge is 0.342 e. The highest BCUT2D eigenvalue weighted by molar-refractivity contribution is 6.18. The number of aryl methyl sites for hydroxylation is 1. The molecule has 1 aromatic carbocycles. The van der Waals surface area contributed by atoms with Crippen molar-refractivity contribution in [2.75, 3.05) is 19.1 Å². The zero-order valence-electron chi connectivity index (χ0n) is 8.43. The van der Waals surface area contributed by atoms with Crippen LogP contribution in [0.15, 0.2) is 18.2 Å². The standard InChI is InChI=1S/C11H12ClFO2/c1-8-6-9(2-3-10(8)13)11(7-12)14-4-5-15-11/h2-3,6H,4-5,7H2,1H3. The third-order valence-electron chi connectivity index (χ3n) is 2.53. The van der Waals surface area contributed by atoms with Crippen LogP contribution in [0.3, 0.4) is 0 Å². The van der Waals surface area contributed by atoms with Gasteiger partial charge in [-0.15, -0.1) is 11.6 Å². The molecule has 0 N–H and O–H groups in total. The second kappa shape index (κ2) is 4.08. The maximum Gasteiger partial charge on any atom is 0.209 e. The Bertz CT molecular complexity index is 362. The second-order valence-electron chi connectivity index (χ2n) is 3.55. The Balaban J connectivity index is 2.38. The van der Waals surface area contributed by atoms with Gasteiger partial charge in [0.1, 0.15) is 5.82 Å². The molecule has 1 fully saturated rings. The number of alkyl halides is 1. The van der Waals surface area contributed by atoms with E-state index in [1.165, 1.54) is 6.07 Å². The lowest BCUT2D eigenvalue weighted by atomic mass is 10.0. The maximum atomic E-state index is 13.1. The first-order valence-electron chi connectivity index (χ1n) is 4.78. The van der Waals surface area contributed by atoms with Crippen molar-refractivity contribution in [3.05, 3.63) is 35.1 Å². The second-order valence-corrected chi connectivity index (χ2v) is 3.81. The highest BCUT2D eigenvalue weighted by atomic mass is 35.5. The van der Waals surface area contributed by atoms with Gasteiger partial charge in [-0.05, 0) is 24.6 Å². The molecule has 0 radical (unpaired) electrons. The predicted octanol–water partition coefficient (Wildman–Crippen LogP) is 2.57. The molecule has 0 aliphatic carbocycles. The van der Waals surface area contributed by atoms with Gasteiger partial charge in [0.2, 0.25) is 5.79 Å². The van der Waals surface area contributed by atoms with Gasteiger partial charge in [0.05, 0.1) is 19.1 Å². The Morgan fingerprint density at radius 2 is 2.07 bits per heavy atom. The molecule has 0 atom stereocenters. The Morgan fingerprint density at radius 1 is 1.40 bits per heavy atom. The van der Waals surface area contributed by atoms with E-state index in [4.69, 9.17) is 21.1 Å². The number of hydrogen-bond acceptors (Lipinski definition) is 2. The van der Waals surface area contributed by atoms with Gasteiger partial charge < -0.3 is 9.47 Å². The van der Waals surface area contributed by atoms with Crippen molar-refractivity contribution in [2.24, 2.45) is 0 Å². The summed E-state index contributed by atoms with van der Waals surface area (Å²) in [6, 6.07) is 4.77. The van der Waals surface area contributed by atoms with Crippen LogP contribution in [0.25, 0.3) is 0 Å². The minimum atomic E-state index is -0.889. The molecule has 2 rings (SSSR count). The first kappa shape index (κ1) is 10.9. The van der Waals surface area contributed by atoms with E-state index in [0.717, 1.165) is 5.56 Å². The number of halogens is 2. The number of benzene rings is 1. The van der Waals surface area contributed by atoms with Crippen molar-refractivity contribution in [2.45, 2.75) is 12.7 Å². The first-order chi connectivity index (χ1) is 7.18. The molecular formula is C11H12ClFO2. The van der Waals surface area contributed by atoms with Crippen LogP contribution in [0.4, 0.5) is 4.39 Å². The van der Waals surface area contributed by atoms with Crippen molar-refractivity contribution in [1.29, 1.82) is 0 Å². The van der Waals surface area contributed by atoms with E-state index < -0.39 is 5.79 Å². The van der Waals surface area contributed by atoms with E-state index in [0.29, 0.717) is 18.8 Å². The molecule has 0 bridgehead atoms. The summed E-state index contributed by atoms with van der Waals surface area (Å²) >= 11 is 5.85. The molecule has 2 nitrogen and oxygen atoms in total. The van der Waals surface area contributed by atoms with Crippen LogP contribution in [0.2, 0.25) is 0 Å². The van der Waals surface area contributed by atoms with Crippen molar-refractivity contribution in [3.63, 3.8) is 0 Å². The Kier molecular flexibility index (Phi) is 2.96. The first-order valence-corrected chi connectivity index (χ1v) is 5.32. The summed E-state index contributed by atoms with van der Waals surface area (Å²) < 4.78 is 24.1. The number of hydrogen-bond donors (Lipinski definition) is 0. The van der Waals surface area contributed by atoms with Crippen LogP contribution >= 0.6 is 11.6 Å². The fraction of sp³-hybridized carbons (Fsp3) is 0.455. The molecule has 0 unspecified atom stereocenters. The van der Waals surface area contributed by atoms with Gasteiger partial charge in [0.15, 0.2) is 0 Å². The molecule has 1 aliphatic heterocycles. The third-order valence-corrected chi connectivity index (χ3v) is 2.88. The Hall–Kier alpha value is -0.640. The zero-order chi connectivity index (χ0) is 10.9. The molecule has 1 aromatic rings. The van der Waals surface area contributed by atoms with E-state index in [1.54, 1.807) is 19.1 Å². The quantitative estimate of drug-likeness (QED) is 0.727. The highest BCUT2D eigenvalue weighted by Crippen LogP contribution is 2.33. The molecule has 1 saturated heterocycles. The van der Waals surface area contributed by atoms with Gasteiger partial charge in [-0.1, -0.05) is 6.07 Å². The van der Waals surface area contributed by atoms with Crippen molar-refractivity contribution in [3.8, 4) is 0 Å². The predicted molar refractivity (Wildman–Crippen MR) is 55.4 cm³/mol. The fourth-order valence-corrected chi connectivity index (χ4v) is 1.97. The minimum Gasteiger partial charge on any atom is -0.342 e. The normalized spacial score (nSPS) is 19.4. The van der Waals surface area contributed by atoms with E-state index >= 15 is 0 Å². The lowest BCUT2D eigenvalue weighted by molar-refractivity contribution is -0.146. The van der Waals surface area contributed by atoms with Crippen LogP contribution < -0.4 is 0 Å². The van der Waals surface area contributed by atoms with E-state index in [1.807, 2.05) is 0 Å². The van der Waals surface area contributed by atoms with Crippen LogP contribution in [-0.4, -0.2) is 19.1 Å². The number of ether oxygens (including phenoxy) is 2. The van der Waals surface area contributed by atoms with E-state index in [2.05, 4.69) is 0 Å². The average molecular weight is 231 g/mol. The van der Waals surface area contributed by atoms with Crippen LogP contribution in [0, 0.1) is 12.7 Å². The molecule has 1 aliphatic rings. The lowest BCUT2D eigenvalue weighted by Crippen LogP contribution is -2.29. The molecule has 0 amide bonds. The molecule has 0 spiro atoms. The van der Waals surface area contributed by atoms with Gasteiger partial charge in [-0.3, -0.25) is 0 Å². The molecule has 0 aromatic heterocycles. The van der Waals surface area contributed by atoms with Crippen molar-refractivity contribution >= 4 is 11.6 Å². The topological polar surface area (TPSA) is 18.5 Å². The summed E-state index contributed by atoms with van der Waals surface area (Å²) in [5, 5.41) is 0. The maximum absolute atomic E-state index is 13.1. The molecular weight excluding hydrogens is 219 g/mol. The lowest BCUT2D eigenvalue weighted by Gasteiger charge is -2.25. The van der Waals surface area contributed by atoms with Crippen molar-refractivity contribution < 1.29 is 13.9 Å². The Morgan fingerprint density at radius 3 is 2.60 bits per heavy atom. The van der Waals surface area contributed by atoms with E-state index in [-0.39, 0.29) is 11.7 Å². The summed E-state index contributed by atoms with van der Waals surface area (Å²) in [5.41, 5.74) is 1.34. The van der Waals surface area contributed by atoms with Gasteiger partial charge in [-0.25, -0.2) is 4.39 Å². The van der Waals surface area contributed by atoms with Gasteiger partial charge in [-0.2, -0.15) is 0 Å². The molecule has 82 valence electrons. The zero-order valence-corrected chi connectivity index (χ0v) is 9.18. The summed E-state index contributed by atoms with van der Waals surface area (Å²) in [4.78, 5) is 0. The summed E-state index contributed by atoms with van der Waals surface area (Å²) in [5.74, 6) is -0.917. The fourth-order valence-electron chi connectivity index (χ4n) is 1.66. The molecule has 4 heteroatoms. The minimum absolute atomic E-state index is 0.206. The van der Waals surface area contributed by atoms with Crippen LogP contribution in [-0.2, 0) is 15.3 Å². The smallest absolute Gasteiger partial charge is 0.209 e. The third kappa shape index (κ3) is 1.87. The van der Waals surface area contributed by atoms with Crippen LogP contribution in [0.1, 0.15) is 11.1 Å².